The van der Waals surface area contributed by atoms with Crippen LogP contribution in [0.25, 0.3) is 11.4 Å². The van der Waals surface area contributed by atoms with Crippen molar-refractivity contribution in [3.8, 4) is 11.4 Å². The molecular weight excluding hydrogens is 234 g/mol. The van der Waals surface area contributed by atoms with Crippen LogP contribution in [0.4, 0.5) is 0 Å². The molecule has 1 radical (unpaired) electrons. The molecule has 2 aromatic heterocycles. The number of rotatable bonds is 2. The second-order valence-electron chi connectivity index (χ2n) is 2.88. The van der Waals surface area contributed by atoms with E-state index in [-0.39, 0.29) is 6.29 Å². The number of ether oxygens (including phenoxy) is 2. The lowest BCUT2D eigenvalue weighted by Crippen LogP contribution is -1.97. The molecule has 77 valence electrons. The fraction of sp³-hybridized carbons (Fsp3) is 0.375. The molecule has 0 spiro atoms. The predicted octanol–water partition coefficient (Wildman–Crippen LogP) is 1.51. The van der Waals surface area contributed by atoms with Crippen LogP contribution in [-0.2, 0) is 9.47 Å². The molecule has 2 aromatic rings. The van der Waals surface area contributed by atoms with E-state index in [4.69, 9.17) is 9.47 Å². The van der Waals surface area contributed by atoms with Gasteiger partial charge in [-0.2, -0.15) is 0 Å². The highest BCUT2D eigenvalue weighted by Crippen LogP contribution is 2.34. The Morgan fingerprint density at radius 2 is 2.27 bits per heavy atom. The number of aromatic nitrogens is 3. The van der Waals surface area contributed by atoms with Crippen LogP contribution < -0.4 is 0 Å². The van der Waals surface area contributed by atoms with Crippen LogP contribution in [0.2, 0.25) is 0 Å². The van der Waals surface area contributed by atoms with Crippen molar-refractivity contribution >= 4 is 22.9 Å². The highest BCUT2D eigenvalue weighted by molar-refractivity contribution is 7.09. The number of hydrogen-bond acceptors (Lipinski definition) is 7. The minimum absolute atomic E-state index is 0.314. The topological polar surface area (TPSA) is 57.1 Å². The third-order valence-corrected chi connectivity index (χ3v) is 3.28. The van der Waals surface area contributed by atoms with Gasteiger partial charge in [0.25, 0.3) is 0 Å². The van der Waals surface area contributed by atoms with E-state index < -0.39 is 0 Å². The summed E-state index contributed by atoms with van der Waals surface area (Å²) in [7, 11) is 0. The van der Waals surface area contributed by atoms with Crippen molar-refractivity contribution in [3.63, 3.8) is 0 Å². The van der Waals surface area contributed by atoms with Gasteiger partial charge < -0.3 is 9.47 Å². The SMILES string of the molecule is [c]1nc(-c2csnn2)c(C2OCCO2)s1. The van der Waals surface area contributed by atoms with E-state index >= 15 is 0 Å². The van der Waals surface area contributed by atoms with Gasteiger partial charge in [-0.1, -0.05) is 4.49 Å². The normalized spacial score (nSPS) is 17.3. The van der Waals surface area contributed by atoms with Gasteiger partial charge in [-0.15, -0.1) is 16.4 Å². The van der Waals surface area contributed by atoms with Crippen molar-refractivity contribution in [2.75, 3.05) is 13.2 Å². The maximum Gasteiger partial charge on any atom is 0.195 e. The second kappa shape index (κ2) is 3.93. The van der Waals surface area contributed by atoms with Gasteiger partial charge in [-0.05, 0) is 11.5 Å². The Labute approximate surface area is 93.9 Å². The first-order valence-electron chi connectivity index (χ1n) is 4.32. The Balaban J connectivity index is 1.98. The predicted molar refractivity (Wildman–Crippen MR) is 54.5 cm³/mol. The molecule has 0 atom stereocenters. The number of nitrogens with zero attached hydrogens (tertiary/aromatic N) is 3. The maximum absolute atomic E-state index is 5.42. The Hall–Kier alpha value is -0.890. The lowest BCUT2D eigenvalue weighted by molar-refractivity contribution is -0.0410. The van der Waals surface area contributed by atoms with Gasteiger partial charge in [0.05, 0.1) is 18.1 Å². The Bertz CT molecular complexity index is 436. The second-order valence-corrected chi connectivity index (χ2v) is 4.32. The fourth-order valence-corrected chi connectivity index (χ4v) is 2.50. The quantitative estimate of drug-likeness (QED) is 0.796. The van der Waals surface area contributed by atoms with E-state index in [2.05, 4.69) is 20.1 Å². The summed E-state index contributed by atoms with van der Waals surface area (Å²) >= 11 is 2.69. The highest BCUT2D eigenvalue weighted by atomic mass is 32.1. The van der Waals surface area contributed by atoms with Gasteiger partial charge in [0.1, 0.15) is 11.4 Å². The smallest absolute Gasteiger partial charge is 0.195 e. The molecule has 1 fully saturated rings. The number of hydrogen-bond donors (Lipinski definition) is 0. The summed E-state index contributed by atoms with van der Waals surface area (Å²) < 4.78 is 14.6. The lowest BCUT2D eigenvalue weighted by Gasteiger charge is -2.06. The van der Waals surface area contributed by atoms with Crippen LogP contribution in [0, 0.1) is 5.51 Å². The molecule has 3 heterocycles. The molecule has 0 amide bonds. The van der Waals surface area contributed by atoms with Crippen LogP contribution in [0.1, 0.15) is 11.2 Å². The van der Waals surface area contributed by atoms with Gasteiger partial charge in [-0.25, -0.2) is 4.98 Å². The summed E-state index contributed by atoms with van der Waals surface area (Å²) in [6, 6.07) is 0. The molecule has 0 unspecified atom stereocenters. The largest absolute Gasteiger partial charge is 0.345 e. The van der Waals surface area contributed by atoms with E-state index in [1.54, 1.807) is 0 Å². The molecule has 0 bridgehead atoms. The zero-order chi connectivity index (χ0) is 10.1. The van der Waals surface area contributed by atoms with E-state index in [9.17, 15) is 0 Å². The van der Waals surface area contributed by atoms with Crippen molar-refractivity contribution in [1.29, 1.82) is 0 Å². The molecule has 15 heavy (non-hydrogen) atoms. The molecule has 3 rings (SSSR count). The zero-order valence-corrected chi connectivity index (χ0v) is 9.18. The van der Waals surface area contributed by atoms with Crippen molar-refractivity contribution in [2.24, 2.45) is 0 Å². The fourth-order valence-electron chi connectivity index (χ4n) is 1.34. The summed E-state index contributed by atoms with van der Waals surface area (Å²) in [5.41, 5.74) is 4.35. The Morgan fingerprint density at radius 3 is 3.00 bits per heavy atom. The van der Waals surface area contributed by atoms with Crippen LogP contribution in [0.15, 0.2) is 5.38 Å². The minimum Gasteiger partial charge on any atom is -0.345 e. The number of thiazole rings is 1. The van der Waals surface area contributed by atoms with Crippen molar-refractivity contribution in [2.45, 2.75) is 6.29 Å². The monoisotopic (exact) mass is 240 g/mol. The van der Waals surface area contributed by atoms with Gasteiger partial charge in [0.2, 0.25) is 0 Å². The first-order chi connectivity index (χ1) is 7.45. The molecule has 1 aliphatic rings. The van der Waals surface area contributed by atoms with E-state index in [1.165, 1.54) is 22.9 Å². The van der Waals surface area contributed by atoms with Crippen LogP contribution in [0.3, 0.4) is 0 Å². The molecule has 0 saturated carbocycles. The van der Waals surface area contributed by atoms with E-state index in [0.717, 1.165) is 16.3 Å². The average Bonchev–Trinajstić information content (AvgIpc) is 3.01. The van der Waals surface area contributed by atoms with E-state index in [1.807, 2.05) is 5.38 Å². The molecule has 5 nitrogen and oxygen atoms in total. The standard InChI is InChI=1S/C8H6N3O2S2/c1-2-13-8(12-1)7-6(9-4-14-7)5-3-15-11-10-5/h3,8H,1-2H2. The summed E-state index contributed by atoms with van der Waals surface area (Å²) in [6.07, 6.45) is -0.314. The van der Waals surface area contributed by atoms with Gasteiger partial charge in [-0.3, -0.25) is 0 Å². The molecule has 0 N–H and O–H groups in total. The first kappa shape index (κ1) is 9.34. The summed E-state index contributed by atoms with van der Waals surface area (Å²) in [5.74, 6) is 0. The minimum atomic E-state index is -0.314. The van der Waals surface area contributed by atoms with Gasteiger partial charge in [0, 0.05) is 5.38 Å². The van der Waals surface area contributed by atoms with Crippen molar-refractivity contribution in [1.82, 2.24) is 14.6 Å². The third kappa shape index (κ3) is 1.67. The average molecular weight is 240 g/mol. The zero-order valence-electron chi connectivity index (χ0n) is 7.54. The first-order valence-corrected chi connectivity index (χ1v) is 5.98. The molecule has 0 aromatic carbocycles. The Morgan fingerprint density at radius 1 is 1.40 bits per heavy atom. The van der Waals surface area contributed by atoms with Crippen LogP contribution in [-0.4, -0.2) is 27.8 Å². The molecule has 1 saturated heterocycles. The van der Waals surface area contributed by atoms with Gasteiger partial charge in [0.15, 0.2) is 11.8 Å². The summed E-state index contributed by atoms with van der Waals surface area (Å²) in [5, 5.41) is 5.82. The highest BCUT2D eigenvalue weighted by Gasteiger charge is 2.25. The molecule has 1 aliphatic heterocycles. The lowest BCUT2D eigenvalue weighted by atomic mass is 10.3. The van der Waals surface area contributed by atoms with Crippen molar-refractivity contribution in [3.05, 3.63) is 15.8 Å². The summed E-state index contributed by atoms with van der Waals surface area (Å²) in [4.78, 5) is 5.06. The maximum atomic E-state index is 5.42. The Kier molecular flexibility index (Phi) is 2.45. The van der Waals surface area contributed by atoms with Crippen molar-refractivity contribution < 1.29 is 9.47 Å². The third-order valence-electron chi connectivity index (χ3n) is 1.98. The van der Waals surface area contributed by atoms with Gasteiger partial charge >= 0.3 is 0 Å². The summed E-state index contributed by atoms with van der Waals surface area (Å²) in [6.45, 7) is 1.24. The molecule has 0 aliphatic carbocycles. The van der Waals surface area contributed by atoms with Crippen LogP contribution in [0.5, 0.6) is 0 Å². The van der Waals surface area contributed by atoms with E-state index in [0.29, 0.717) is 13.2 Å². The van der Waals surface area contributed by atoms with Crippen LogP contribution >= 0.6 is 22.9 Å². The molecule has 7 heteroatoms. The molecular formula is C8H6N3O2S2.